The predicted octanol–water partition coefficient (Wildman–Crippen LogP) is 3.99. The van der Waals surface area contributed by atoms with Gasteiger partial charge >= 0.3 is 5.97 Å². The summed E-state index contributed by atoms with van der Waals surface area (Å²) in [5.74, 6) is 0.740. The van der Waals surface area contributed by atoms with Crippen molar-refractivity contribution >= 4 is 21.9 Å². The number of halogens is 1. The summed E-state index contributed by atoms with van der Waals surface area (Å²) in [4.78, 5) is 12.0. The van der Waals surface area contributed by atoms with Crippen LogP contribution in [0.2, 0.25) is 0 Å². The van der Waals surface area contributed by atoms with E-state index < -0.39 is 5.97 Å². The van der Waals surface area contributed by atoms with E-state index in [2.05, 4.69) is 21.1 Å². The van der Waals surface area contributed by atoms with E-state index in [1.54, 1.807) is 13.8 Å². The molecule has 0 radical (unpaired) electrons. The van der Waals surface area contributed by atoms with Gasteiger partial charge in [0.1, 0.15) is 22.8 Å². The van der Waals surface area contributed by atoms with Crippen LogP contribution in [0.5, 0.6) is 5.75 Å². The summed E-state index contributed by atoms with van der Waals surface area (Å²) in [6.45, 7) is 6.24. The zero-order valence-corrected chi connectivity index (χ0v) is 13.7. The Morgan fingerprint density at radius 2 is 2.10 bits per heavy atom. The van der Waals surface area contributed by atoms with E-state index in [-0.39, 0.29) is 0 Å². The minimum absolute atomic E-state index is 0.301. The Morgan fingerprint density at radius 3 is 2.71 bits per heavy atom. The van der Waals surface area contributed by atoms with Crippen molar-refractivity contribution in [1.29, 1.82) is 0 Å². The highest BCUT2D eigenvalue weighted by molar-refractivity contribution is 9.10. The first kappa shape index (κ1) is 15.6. The van der Waals surface area contributed by atoms with Crippen molar-refractivity contribution < 1.29 is 18.8 Å². The van der Waals surface area contributed by atoms with Crippen LogP contribution in [0.1, 0.15) is 30.0 Å². The van der Waals surface area contributed by atoms with E-state index in [0.29, 0.717) is 30.2 Å². The molecule has 0 atom stereocenters. The number of benzene rings is 1. The second kappa shape index (κ2) is 6.76. The zero-order valence-electron chi connectivity index (χ0n) is 12.1. The predicted molar refractivity (Wildman–Crippen MR) is 81.5 cm³/mol. The fourth-order valence-corrected chi connectivity index (χ4v) is 2.43. The Morgan fingerprint density at radius 1 is 1.33 bits per heavy atom. The summed E-state index contributed by atoms with van der Waals surface area (Å²) in [7, 11) is 0. The van der Waals surface area contributed by atoms with Crippen LogP contribution in [-0.2, 0) is 4.74 Å². The molecule has 0 bridgehead atoms. The molecule has 0 saturated carbocycles. The molecule has 5 nitrogen and oxygen atoms in total. The van der Waals surface area contributed by atoms with Gasteiger partial charge in [-0.05, 0) is 54.9 Å². The third-order valence-electron chi connectivity index (χ3n) is 2.85. The van der Waals surface area contributed by atoms with Gasteiger partial charge in [-0.25, -0.2) is 4.79 Å². The Kier molecular flexibility index (Phi) is 5.01. The molecule has 1 aromatic carbocycles. The molecular formula is C15H16BrNO4. The standard InChI is InChI=1S/C15H16BrNO4/c1-4-19-12-7-6-10(8-11(12)16)14-13(9(3)21-17-14)15(18)20-5-2/h6-8H,4-5H2,1-3H3. The molecule has 0 aliphatic heterocycles. The quantitative estimate of drug-likeness (QED) is 0.760. The molecule has 0 aliphatic carbocycles. The number of hydrogen-bond acceptors (Lipinski definition) is 5. The van der Waals surface area contributed by atoms with Gasteiger partial charge < -0.3 is 14.0 Å². The Balaban J connectivity index is 2.43. The highest BCUT2D eigenvalue weighted by atomic mass is 79.9. The van der Waals surface area contributed by atoms with Crippen molar-refractivity contribution in [1.82, 2.24) is 5.16 Å². The first-order valence-corrected chi connectivity index (χ1v) is 7.43. The molecule has 0 saturated heterocycles. The average molecular weight is 354 g/mol. The van der Waals surface area contributed by atoms with Crippen LogP contribution in [-0.4, -0.2) is 24.3 Å². The zero-order chi connectivity index (χ0) is 15.4. The van der Waals surface area contributed by atoms with Crippen LogP contribution in [0, 0.1) is 6.92 Å². The second-order valence-corrected chi connectivity index (χ2v) is 5.12. The van der Waals surface area contributed by atoms with Gasteiger partial charge in [0.2, 0.25) is 0 Å². The number of hydrogen-bond donors (Lipinski definition) is 0. The van der Waals surface area contributed by atoms with Gasteiger partial charge in [0.05, 0.1) is 17.7 Å². The molecule has 1 aromatic heterocycles. The first-order valence-electron chi connectivity index (χ1n) is 6.64. The molecule has 0 unspecified atom stereocenters. The normalized spacial score (nSPS) is 10.5. The molecule has 1 heterocycles. The van der Waals surface area contributed by atoms with E-state index in [0.717, 1.165) is 15.8 Å². The third kappa shape index (κ3) is 3.26. The topological polar surface area (TPSA) is 61.6 Å². The lowest BCUT2D eigenvalue weighted by atomic mass is 10.1. The van der Waals surface area contributed by atoms with Crippen LogP contribution < -0.4 is 4.74 Å². The molecule has 0 N–H and O–H groups in total. The highest BCUT2D eigenvalue weighted by Crippen LogP contribution is 2.32. The van der Waals surface area contributed by atoms with Crippen LogP contribution >= 0.6 is 15.9 Å². The maximum Gasteiger partial charge on any atom is 0.344 e. The summed E-state index contributed by atoms with van der Waals surface area (Å²) < 4.78 is 16.4. The van der Waals surface area contributed by atoms with E-state index in [4.69, 9.17) is 14.0 Å². The fourth-order valence-electron chi connectivity index (χ4n) is 1.93. The third-order valence-corrected chi connectivity index (χ3v) is 3.47. The number of carbonyl (C=O) groups excluding carboxylic acids is 1. The summed E-state index contributed by atoms with van der Waals surface area (Å²) in [6.07, 6.45) is 0. The monoisotopic (exact) mass is 353 g/mol. The van der Waals surface area contributed by atoms with E-state index in [1.807, 2.05) is 25.1 Å². The van der Waals surface area contributed by atoms with E-state index in [9.17, 15) is 4.79 Å². The minimum Gasteiger partial charge on any atom is -0.493 e. The number of nitrogens with zero attached hydrogens (tertiary/aromatic N) is 1. The SMILES string of the molecule is CCOC(=O)c1c(-c2ccc(OCC)c(Br)c2)noc1C. The van der Waals surface area contributed by atoms with Crippen LogP contribution in [0.15, 0.2) is 27.2 Å². The van der Waals surface area contributed by atoms with Crippen LogP contribution in [0.4, 0.5) is 0 Å². The maximum atomic E-state index is 12.0. The Bertz CT molecular complexity index is 651. The van der Waals surface area contributed by atoms with Gasteiger partial charge in [-0.3, -0.25) is 0 Å². The fraction of sp³-hybridized carbons (Fsp3) is 0.333. The number of esters is 1. The molecule has 2 rings (SSSR count). The molecule has 0 amide bonds. The lowest BCUT2D eigenvalue weighted by Gasteiger charge is -2.07. The molecule has 112 valence electrons. The van der Waals surface area contributed by atoms with Crippen molar-refractivity contribution in [3.63, 3.8) is 0 Å². The van der Waals surface area contributed by atoms with E-state index in [1.165, 1.54) is 0 Å². The number of rotatable bonds is 5. The average Bonchev–Trinajstić information content (AvgIpc) is 2.83. The molecule has 2 aromatic rings. The van der Waals surface area contributed by atoms with Gasteiger partial charge in [-0.15, -0.1) is 0 Å². The van der Waals surface area contributed by atoms with Gasteiger partial charge in [0.25, 0.3) is 0 Å². The number of carbonyl (C=O) groups is 1. The first-order chi connectivity index (χ1) is 10.1. The van der Waals surface area contributed by atoms with Crippen LogP contribution in [0.25, 0.3) is 11.3 Å². The number of ether oxygens (including phenoxy) is 2. The summed E-state index contributed by atoms with van der Waals surface area (Å²) in [6, 6.07) is 5.49. The summed E-state index contributed by atoms with van der Waals surface area (Å²) >= 11 is 3.44. The largest absolute Gasteiger partial charge is 0.493 e. The van der Waals surface area contributed by atoms with Gasteiger partial charge in [-0.2, -0.15) is 0 Å². The Labute approximate surface area is 131 Å². The highest BCUT2D eigenvalue weighted by Gasteiger charge is 2.23. The van der Waals surface area contributed by atoms with E-state index >= 15 is 0 Å². The molecule has 21 heavy (non-hydrogen) atoms. The van der Waals surface area contributed by atoms with Crippen molar-refractivity contribution in [2.75, 3.05) is 13.2 Å². The minimum atomic E-state index is -0.434. The van der Waals surface area contributed by atoms with Crippen molar-refractivity contribution in [3.05, 3.63) is 34.0 Å². The molecule has 0 aliphatic rings. The van der Waals surface area contributed by atoms with Crippen molar-refractivity contribution in [2.45, 2.75) is 20.8 Å². The maximum absolute atomic E-state index is 12.0. The van der Waals surface area contributed by atoms with Gasteiger partial charge in [0.15, 0.2) is 0 Å². The smallest absolute Gasteiger partial charge is 0.344 e. The van der Waals surface area contributed by atoms with Crippen molar-refractivity contribution in [2.24, 2.45) is 0 Å². The Hall–Kier alpha value is -1.82. The summed E-state index contributed by atoms with van der Waals surface area (Å²) in [5, 5.41) is 3.97. The molecule has 0 fully saturated rings. The molecule has 6 heteroatoms. The lowest BCUT2D eigenvalue weighted by Crippen LogP contribution is -2.06. The van der Waals surface area contributed by atoms with Crippen LogP contribution in [0.3, 0.4) is 0 Å². The number of aromatic nitrogens is 1. The van der Waals surface area contributed by atoms with Crippen molar-refractivity contribution in [3.8, 4) is 17.0 Å². The molecule has 0 spiro atoms. The lowest BCUT2D eigenvalue weighted by molar-refractivity contribution is 0.0525. The number of aryl methyl sites for hydroxylation is 1. The van der Waals surface area contributed by atoms with Gasteiger partial charge in [-0.1, -0.05) is 5.16 Å². The summed E-state index contributed by atoms with van der Waals surface area (Å²) in [5.41, 5.74) is 1.58. The second-order valence-electron chi connectivity index (χ2n) is 4.26. The van der Waals surface area contributed by atoms with Gasteiger partial charge in [0, 0.05) is 5.56 Å². The molecular weight excluding hydrogens is 338 g/mol.